The van der Waals surface area contributed by atoms with Crippen LogP contribution < -0.4 is 10.6 Å². The van der Waals surface area contributed by atoms with Crippen LogP contribution in [0.4, 0.5) is 11.4 Å². The van der Waals surface area contributed by atoms with E-state index in [4.69, 9.17) is 0 Å². The first-order valence-electron chi connectivity index (χ1n) is 14.3. The predicted molar refractivity (Wildman–Crippen MR) is 149 cm³/mol. The summed E-state index contributed by atoms with van der Waals surface area (Å²) in [6.45, 7) is -0.994. The fourth-order valence-electron chi connectivity index (χ4n) is 9.22. The molecule has 0 aliphatic carbocycles. The number of nitrogens with zero attached hydrogens (tertiary/aromatic N) is 4. The lowest BCUT2D eigenvalue weighted by molar-refractivity contribution is -0.161. The number of fused-ring (bicyclic) bond motifs is 11. The van der Waals surface area contributed by atoms with Crippen molar-refractivity contribution in [3.63, 3.8) is 0 Å². The van der Waals surface area contributed by atoms with E-state index in [-0.39, 0.29) is 36.5 Å². The van der Waals surface area contributed by atoms with Crippen molar-refractivity contribution in [3.05, 3.63) is 59.7 Å². The van der Waals surface area contributed by atoms with E-state index in [1.54, 1.807) is 23.9 Å². The van der Waals surface area contributed by atoms with Crippen LogP contribution in [0.5, 0.6) is 0 Å². The van der Waals surface area contributed by atoms with E-state index in [0.29, 0.717) is 0 Å². The molecule has 2 aromatic carbocycles. The first-order valence-corrected chi connectivity index (χ1v) is 14.3. The van der Waals surface area contributed by atoms with Gasteiger partial charge in [0, 0.05) is 25.5 Å². The molecule has 6 heterocycles. The standard InChI is InChI=1S/C30H32N6O6/c1-33-21(13-37)25(41)35-19(23(33)39)11-29(15-7-3-5-9-17(15)31-27(29)35)30-12-20-24(40)34(2)22(14-38)26(42)36(20)28(30)32-18-10-6-4-8-16(18)30/h3-10,19-22,27-28,31-32,37-38H,11-14H2,1-2H3/t19-,20-,21-,22-,27-,28-,29+,30?/m1/s1. The molecule has 0 saturated carbocycles. The number of para-hydroxylation sites is 2. The van der Waals surface area contributed by atoms with Crippen molar-refractivity contribution >= 4 is 35.0 Å². The minimum atomic E-state index is -1.01. The molecule has 4 saturated heterocycles. The van der Waals surface area contributed by atoms with Crippen LogP contribution >= 0.6 is 0 Å². The Morgan fingerprint density at radius 1 is 0.667 bits per heavy atom. The molecular formula is C30H32N6O6. The number of anilines is 2. The summed E-state index contributed by atoms with van der Waals surface area (Å²) in [6.07, 6.45) is -0.813. The number of nitrogens with one attached hydrogen (secondary N) is 2. The van der Waals surface area contributed by atoms with E-state index in [1.165, 1.54) is 9.80 Å². The Hall–Kier alpha value is -4.16. The van der Waals surface area contributed by atoms with Crippen molar-refractivity contribution in [2.24, 2.45) is 0 Å². The summed E-state index contributed by atoms with van der Waals surface area (Å²) in [7, 11) is 3.10. The predicted octanol–water partition coefficient (Wildman–Crippen LogP) is -0.767. The second-order valence-electron chi connectivity index (χ2n) is 12.4. The molecule has 4 amide bonds. The van der Waals surface area contributed by atoms with Crippen LogP contribution in [0.2, 0.25) is 0 Å². The molecule has 0 spiro atoms. The van der Waals surface area contributed by atoms with Crippen LogP contribution in [0, 0.1) is 0 Å². The van der Waals surface area contributed by atoms with Gasteiger partial charge in [-0.05, 0) is 36.1 Å². The van der Waals surface area contributed by atoms with E-state index in [2.05, 4.69) is 10.6 Å². The molecule has 4 N–H and O–H groups in total. The third-order valence-electron chi connectivity index (χ3n) is 11.0. The lowest BCUT2D eigenvalue weighted by atomic mass is 9.54. The van der Waals surface area contributed by atoms with Crippen LogP contribution in [0.3, 0.4) is 0 Å². The molecule has 0 radical (unpaired) electrons. The van der Waals surface area contributed by atoms with E-state index < -0.39 is 60.5 Å². The quantitative estimate of drug-likeness (QED) is 0.376. The molecule has 1 unspecified atom stereocenters. The van der Waals surface area contributed by atoms with Gasteiger partial charge in [-0.25, -0.2) is 0 Å². The summed E-state index contributed by atoms with van der Waals surface area (Å²) < 4.78 is 0. The normalized spacial score (nSPS) is 37.6. The lowest BCUT2D eigenvalue weighted by Crippen LogP contribution is -2.67. The average Bonchev–Trinajstić information content (AvgIpc) is 3.69. The third-order valence-corrected chi connectivity index (χ3v) is 11.0. The molecule has 6 aliphatic heterocycles. The van der Waals surface area contributed by atoms with Crippen molar-refractivity contribution in [3.8, 4) is 0 Å². The maximum Gasteiger partial charge on any atom is 0.250 e. The first kappa shape index (κ1) is 25.5. The number of hydrogen-bond acceptors (Lipinski definition) is 8. The Kier molecular flexibility index (Phi) is 5.00. The maximum atomic E-state index is 14.0. The molecule has 0 bridgehead atoms. The molecule has 0 aromatic heterocycles. The molecule has 8 atom stereocenters. The highest BCUT2D eigenvalue weighted by Gasteiger charge is 2.78. The Bertz CT molecular complexity index is 1470. The third kappa shape index (κ3) is 2.62. The molecule has 12 heteroatoms. The van der Waals surface area contributed by atoms with Gasteiger partial charge in [-0.2, -0.15) is 0 Å². The summed E-state index contributed by atoms with van der Waals surface area (Å²) in [4.78, 5) is 61.7. The van der Waals surface area contributed by atoms with Gasteiger partial charge in [0.2, 0.25) is 23.6 Å². The Labute approximate surface area is 241 Å². The van der Waals surface area contributed by atoms with Crippen molar-refractivity contribution in [2.45, 2.75) is 60.2 Å². The van der Waals surface area contributed by atoms with Gasteiger partial charge in [0.15, 0.2) is 0 Å². The minimum Gasteiger partial charge on any atom is -0.394 e. The van der Waals surface area contributed by atoms with E-state index >= 15 is 0 Å². The van der Waals surface area contributed by atoms with Crippen molar-refractivity contribution in [1.82, 2.24) is 19.6 Å². The Morgan fingerprint density at radius 2 is 1.05 bits per heavy atom. The summed E-state index contributed by atoms with van der Waals surface area (Å²) in [6, 6.07) is 12.0. The largest absolute Gasteiger partial charge is 0.394 e. The number of rotatable bonds is 3. The molecule has 4 fully saturated rings. The van der Waals surface area contributed by atoms with Crippen LogP contribution in [-0.2, 0) is 30.0 Å². The maximum absolute atomic E-state index is 14.0. The molecule has 2 aromatic rings. The van der Waals surface area contributed by atoms with Crippen LogP contribution in [0.1, 0.15) is 24.0 Å². The summed E-state index contributed by atoms with van der Waals surface area (Å²) in [5, 5.41) is 27.4. The highest BCUT2D eigenvalue weighted by molar-refractivity contribution is 6.01. The number of hydrogen-bond donors (Lipinski definition) is 4. The highest BCUT2D eigenvalue weighted by atomic mass is 16.3. The number of aliphatic hydroxyl groups is 2. The van der Waals surface area contributed by atoms with Crippen molar-refractivity contribution in [1.29, 1.82) is 0 Å². The highest BCUT2D eigenvalue weighted by Crippen LogP contribution is 2.69. The van der Waals surface area contributed by atoms with Crippen LogP contribution in [0.25, 0.3) is 0 Å². The van der Waals surface area contributed by atoms with Gasteiger partial charge in [0.1, 0.15) is 36.5 Å². The van der Waals surface area contributed by atoms with Crippen molar-refractivity contribution < 1.29 is 29.4 Å². The van der Waals surface area contributed by atoms with Gasteiger partial charge in [0.05, 0.1) is 24.0 Å². The number of carbonyl (C=O) groups is 4. The van der Waals surface area contributed by atoms with Gasteiger partial charge >= 0.3 is 0 Å². The van der Waals surface area contributed by atoms with Gasteiger partial charge in [-0.15, -0.1) is 0 Å². The summed E-state index contributed by atoms with van der Waals surface area (Å²) in [5.41, 5.74) is 1.63. The number of aliphatic hydroxyl groups excluding tert-OH is 2. The molecule has 12 nitrogen and oxygen atoms in total. The molecule has 6 aliphatic rings. The zero-order chi connectivity index (χ0) is 29.3. The topological polar surface area (TPSA) is 146 Å². The summed E-state index contributed by atoms with van der Waals surface area (Å²) >= 11 is 0. The number of likely N-dealkylation sites (N-methyl/N-ethyl adjacent to an activating group) is 2. The number of piperazine rings is 2. The van der Waals surface area contributed by atoms with Gasteiger partial charge in [-0.3, -0.25) is 19.2 Å². The minimum absolute atomic E-state index is 0.253. The van der Waals surface area contributed by atoms with Crippen LogP contribution in [-0.4, -0.2) is 117 Å². The zero-order valence-corrected chi connectivity index (χ0v) is 23.2. The smallest absolute Gasteiger partial charge is 0.250 e. The second kappa shape index (κ2) is 8.23. The first-order chi connectivity index (χ1) is 20.2. The number of amides is 4. The van der Waals surface area contributed by atoms with Crippen molar-refractivity contribution in [2.75, 3.05) is 37.9 Å². The average molecular weight is 573 g/mol. The fraction of sp³-hybridized carbons (Fsp3) is 0.467. The Morgan fingerprint density at radius 3 is 1.43 bits per heavy atom. The molecule has 218 valence electrons. The lowest BCUT2D eigenvalue weighted by Gasteiger charge is -2.48. The number of carbonyl (C=O) groups excluding carboxylic acids is 4. The molecule has 42 heavy (non-hydrogen) atoms. The Balaban J connectivity index is 1.41. The van der Waals surface area contributed by atoms with Crippen LogP contribution in [0.15, 0.2) is 48.5 Å². The monoisotopic (exact) mass is 572 g/mol. The second-order valence-corrected chi connectivity index (χ2v) is 12.4. The van der Waals surface area contributed by atoms with E-state index in [9.17, 15) is 29.4 Å². The SMILES string of the molecule is CN1C(=O)[C@H]2CC3([C@]45C[C@@H]6C(=O)N(C)[C@H](CO)C(=O)N6[C@H]4Nc4ccccc45)c4ccccc4N[C@@H]3N2C(=O)[C@H]1CO. The van der Waals surface area contributed by atoms with E-state index in [1.807, 2.05) is 48.5 Å². The number of benzene rings is 2. The molecular weight excluding hydrogens is 540 g/mol. The fourth-order valence-corrected chi connectivity index (χ4v) is 9.22. The van der Waals surface area contributed by atoms with E-state index in [0.717, 1.165) is 22.5 Å². The van der Waals surface area contributed by atoms with Gasteiger partial charge in [-0.1, -0.05) is 36.4 Å². The zero-order valence-electron chi connectivity index (χ0n) is 23.2. The van der Waals surface area contributed by atoms with Gasteiger partial charge < -0.3 is 40.4 Å². The summed E-state index contributed by atoms with van der Waals surface area (Å²) in [5.74, 6) is -1.19. The van der Waals surface area contributed by atoms with Gasteiger partial charge in [0.25, 0.3) is 0 Å². The molecule has 8 rings (SSSR count).